The Hall–Kier alpha value is -0.380. The van der Waals surface area contributed by atoms with Gasteiger partial charge >= 0.3 is 0 Å². The van der Waals surface area contributed by atoms with E-state index in [1.807, 2.05) is 6.08 Å². The number of aliphatic hydroxyl groups is 1. The molecule has 0 aromatic rings. The molecule has 0 unspecified atom stereocenters. The largest absolute Gasteiger partial charge is 0.394 e. The first-order valence-corrected chi connectivity index (χ1v) is 5.33. The normalized spacial score (nSPS) is 27.5. The van der Waals surface area contributed by atoms with Crippen molar-refractivity contribution in [2.45, 2.75) is 37.9 Å². The Morgan fingerprint density at radius 3 is 3.14 bits per heavy atom. The smallest absolute Gasteiger partial charge is 0.107 e. The Bertz CT molecular complexity index is 159. The van der Waals surface area contributed by atoms with Crippen molar-refractivity contribution < 1.29 is 14.6 Å². The molecule has 1 aliphatic heterocycles. The Balaban J connectivity index is 2.16. The van der Waals surface area contributed by atoms with Crippen LogP contribution in [0.25, 0.3) is 0 Å². The minimum atomic E-state index is -0.118. The molecule has 82 valence electrons. The van der Waals surface area contributed by atoms with E-state index >= 15 is 0 Å². The van der Waals surface area contributed by atoms with Gasteiger partial charge in [-0.1, -0.05) is 6.08 Å². The average molecular weight is 200 g/mol. The number of unbranched alkanes of at least 4 members (excludes halogenated alkanes) is 1. The first-order chi connectivity index (χ1) is 6.88. The van der Waals surface area contributed by atoms with Crippen molar-refractivity contribution in [1.29, 1.82) is 0 Å². The van der Waals surface area contributed by atoms with E-state index in [1.54, 1.807) is 0 Å². The van der Waals surface area contributed by atoms with Gasteiger partial charge in [-0.05, 0) is 25.7 Å². The van der Waals surface area contributed by atoms with Gasteiger partial charge in [0.25, 0.3) is 0 Å². The molecule has 0 spiro atoms. The lowest BCUT2D eigenvalue weighted by molar-refractivity contribution is -0.121. The van der Waals surface area contributed by atoms with Crippen LogP contribution in [0.3, 0.4) is 0 Å². The quantitative estimate of drug-likeness (QED) is 0.522. The first kappa shape index (κ1) is 11.7. The maximum absolute atomic E-state index is 9.04. The van der Waals surface area contributed by atoms with E-state index in [-0.39, 0.29) is 18.8 Å². The topological polar surface area (TPSA) is 38.7 Å². The lowest BCUT2D eigenvalue weighted by Gasteiger charge is -2.30. The van der Waals surface area contributed by atoms with Crippen LogP contribution in [-0.4, -0.2) is 37.1 Å². The zero-order valence-electron chi connectivity index (χ0n) is 8.65. The Morgan fingerprint density at radius 2 is 2.43 bits per heavy atom. The van der Waals surface area contributed by atoms with Gasteiger partial charge < -0.3 is 14.6 Å². The predicted octanol–water partition coefficient (Wildman–Crippen LogP) is 1.51. The van der Waals surface area contributed by atoms with Crippen LogP contribution in [0.4, 0.5) is 0 Å². The molecule has 1 rings (SSSR count). The SMILES string of the molecule is C=CCCCO[C@H]1CCCO[C@@H]1CO. The highest BCUT2D eigenvalue weighted by Crippen LogP contribution is 2.17. The minimum absolute atomic E-state index is 0.0616. The lowest BCUT2D eigenvalue weighted by Crippen LogP contribution is -2.39. The van der Waals surface area contributed by atoms with Crippen molar-refractivity contribution >= 4 is 0 Å². The van der Waals surface area contributed by atoms with Crippen LogP contribution in [0.15, 0.2) is 12.7 Å². The molecule has 0 radical (unpaired) electrons. The molecule has 1 aliphatic rings. The van der Waals surface area contributed by atoms with Crippen LogP contribution in [0, 0.1) is 0 Å². The summed E-state index contributed by atoms with van der Waals surface area (Å²) in [6.45, 7) is 5.20. The van der Waals surface area contributed by atoms with Gasteiger partial charge in [0.15, 0.2) is 0 Å². The highest BCUT2D eigenvalue weighted by Gasteiger charge is 2.25. The number of aliphatic hydroxyl groups excluding tert-OH is 1. The molecule has 0 amide bonds. The molecule has 1 fully saturated rings. The predicted molar refractivity (Wildman–Crippen MR) is 55.2 cm³/mol. The summed E-state index contributed by atoms with van der Waals surface area (Å²) in [6, 6.07) is 0. The Kier molecular flexibility index (Phi) is 5.83. The average Bonchev–Trinajstić information content (AvgIpc) is 2.25. The van der Waals surface area contributed by atoms with Crippen molar-refractivity contribution in [3.63, 3.8) is 0 Å². The second kappa shape index (κ2) is 6.98. The monoisotopic (exact) mass is 200 g/mol. The highest BCUT2D eigenvalue weighted by atomic mass is 16.5. The molecule has 0 aromatic heterocycles. The molecule has 3 heteroatoms. The van der Waals surface area contributed by atoms with Crippen molar-refractivity contribution in [2.24, 2.45) is 0 Å². The molecule has 0 saturated carbocycles. The van der Waals surface area contributed by atoms with Gasteiger partial charge in [-0.15, -0.1) is 6.58 Å². The van der Waals surface area contributed by atoms with Gasteiger partial charge in [0.05, 0.1) is 12.7 Å². The minimum Gasteiger partial charge on any atom is -0.394 e. The molecule has 0 aliphatic carbocycles. The fourth-order valence-corrected chi connectivity index (χ4v) is 1.64. The summed E-state index contributed by atoms with van der Waals surface area (Å²) in [4.78, 5) is 0. The van der Waals surface area contributed by atoms with E-state index in [1.165, 1.54) is 0 Å². The standard InChI is InChI=1S/C11H20O3/c1-2-3-4-7-13-10-6-5-8-14-11(10)9-12/h2,10-12H,1,3-9H2/t10-,11+/m0/s1. The zero-order valence-corrected chi connectivity index (χ0v) is 8.65. The fourth-order valence-electron chi connectivity index (χ4n) is 1.64. The molecule has 0 bridgehead atoms. The van der Waals surface area contributed by atoms with Crippen molar-refractivity contribution in [2.75, 3.05) is 19.8 Å². The molecule has 3 nitrogen and oxygen atoms in total. The Morgan fingerprint density at radius 1 is 1.57 bits per heavy atom. The van der Waals surface area contributed by atoms with Gasteiger partial charge in [0, 0.05) is 13.2 Å². The number of hydrogen-bond donors (Lipinski definition) is 1. The summed E-state index contributed by atoms with van der Waals surface area (Å²) >= 11 is 0. The number of ether oxygens (including phenoxy) is 2. The molecule has 1 N–H and O–H groups in total. The third kappa shape index (κ3) is 3.78. The Labute approximate surface area is 85.7 Å². The van der Waals surface area contributed by atoms with E-state index in [9.17, 15) is 0 Å². The second-order valence-corrected chi connectivity index (χ2v) is 3.57. The lowest BCUT2D eigenvalue weighted by atomic mass is 10.1. The van der Waals surface area contributed by atoms with E-state index < -0.39 is 0 Å². The molecule has 1 heterocycles. The van der Waals surface area contributed by atoms with Crippen molar-refractivity contribution in [3.05, 3.63) is 12.7 Å². The second-order valence-electron chi connectivity index (χ2n) is 3.57. The third-order valence-electron chi connectivity index (χ3n) is 2.44. The maximum atomic E-state index is 9.04. The summed E-state index contributed by atoms with van der Waals surface area (Å²) < 4.78 is 11.1. The van der Waals surface area contributed by atoms with Crippen molar-refractivity contribution in [3.8, 4) is 0 Å². The van der Waals surface area contributed by atoms with Gasteiger partial charge in [-0.25, -0.2) is 0 Å². The maximum Gasteiger partial charge on any atom is 0.107 e. The summed E-state index contributed by atoms with van der Waals surface area (Å²) in [5, 5.41) is 9.04. The van der Waals surface area contributed by atoms with Crippen LogP contribution in [0.5, 0.6) is 0 Å². The van der Waals surface area contributed by atoms with E-state index in [4.69, 9.17) is 14.6 Å². The molecule has 1 saturated heterocycles. The van der Waals surface area contributed by atoms with Crippen LogP contribution in [0.1, 0.15) is 25.7 Å². The summed E-state index contributed by atoms with van der Waals surface area (Å²) in [5.74, 6) is 0. The highest BCUT2D eigenvalue weighted by molar-refractivity contribution is 4.74. The third-order valence-corrected chi connectivity index (χ3v) is 2.44. The summed E-state index contributed by atoms with van der Waals surface area (Å²) in [6.07, 6.45) is 5.87. The summed E-state index contributed by atoms with van der Waals surface area (Å²) in [7, 11) is 0. The fraction of sp³-hybridized carbons (Fsp3) is 0.818. The van der Waals surface area contributed by atoms with Crippen LogP contribution < -0.4 is 0 Å². The molecular weight excluding hydrogens is 180 g/mol. The number of hydrogen-bond acceptors (Lipinski definition) is 3. The zero-order chi connectivity index (χ0) is 10.2. The van der Waals surface area contributed by atoms with Gasteiger partial charge in [-0.3, -0.25) is 0 Å². The molecular formula is C11H20O3. The van der Waals surface area contributed by atoms with E-state index in [0.29, 0.717) is 0 Å². The van der Waals surface area contributed by atoms with Crippen LogP contribution in [0.2, 0.25) is 0 Å². The molecule has 14 heavy (non-hydrogen) atoms. The summed E-state index contributed by atoms with van der Waals surface area (Å²) in [5.41, 5.74) is 0. The molecule has 2 atom stereocenters. The van der Waals surface area contributed by atoms with Crippen molar-refractivity contribution in [1.82, 2.24) is 0 Å². The number of allylic oxidation sites excluding steroid dienone is 1. The van der Waals surface area contributed by atoms with Gasteiger partial charge in [0.2, 0.25) is 0 Å². The van der Waals surface area contributed by atoms with Crippen LogP contribution in [-0.2, 0) is 9.47 Å². The molecule has 0 aromatic carbocycles. The van der Waals surface area contributed by atoms with Gasteiger partial charge in [0.1, 0.15) is 6.10 Å². The van der Waals surface area contributed by atoms with Gasteiger partial charge in [-0.2, -0.15) is 0 Å². The number of rotatable bonds is 6. The first-order valence-electron chi connectivity index (χ1n) is 5.33. The van der Waals surface area contributed by atoms with E-state index in [2.05, 4.69) is 6.58 Å². The van der Waals surface area contributed by atoms with Crippen LogP contribution >= 0.6 is 0 Å². The van der Waals surface area contributed by atoms with E-state index in [0.717, 1.165) is 38.9 Å².